The Bertz CT molecular complexity index is 2000. The highest BCUT2D eigenvalue weighted by Crippen LogP contribution is 2.44. The topological polar surface area (TPSA) is 17.1 Å². The molecule has 0 saturated heterocycles. The van der Waals surface area contributed by atoms with Crippen LogP contribution in [0.3, 0.4) is 0 Å². The fourth-order valence-corrected chi connectivity index (χ4v) is 9.13. The number of aryl methyl sites for hydroxylation is 4. The Morgan fingerprint density at radius 3 is 1.55 bits per heavy atom. The van der Waals surface area contributed by atoms with Crippen LogP contribution in [0.15, 0.2) is 65.1 Å². The molecule has 0 aliphatic rings. The average molecular weight is 654 g/mol. The second-order valence-corrected chi connectivity index (χ2v) is 14.4. The van der Waals surface area contributed by atoms with Crippen LogP contribution in [0.25, 0.3) is 41.1 Å². The molecular formula is C38H37BrOS2. The third kappa shape index (κ3) is 5.53. The first kappa shape index (κ1) is 30.4. The van der Waals surface area contributed by atoms with E-state index in [4.69, 9.17) is 0 Å². The van der Waals surface area contributed by atoms with Gasteiger partial charge < -0.3 is 0 Å². The Hall–Kier alpha value is -3.05. The third-order valence-corrected chi connectivity index (χ3v) is 12.0. The second-order valence-electron chi connectivity index (χ2n) is 11.5. The van der Waals surface area contributed by atoms with Crippen molar-refractivity contribution in [1.82, 2.24) is 0 Å². The number of carbonyl (C=O) groups is 1. The molecule has 2 aromatic heterocycles. The van der Waals surface area contributed by atoms with E-state index in [1.165, 1.54) is 79.8 Å². The van der Waals surface area contributed by atoms with Crippen molar-refractivity contribution in [2.45, 2.75) is 62.3 Å². The van der Waals surface area contributed by atoms with E-state index in [2.05, 4.69) is 132 Å². The zero-order chi connectivity index (χ0) is 30.5. The number of ketones is 1. The average Bonchev–Trinajstić information content (AvgIpc) is 3.47. The van der Waals surface area contributed by atoms with Gasteiger partial charge in [-0.2, -0.15) is 0 Å². The van der Waals surface area contributed by atoms with E-state index in [-0.39, 0.29) is 5.78 Å². The first-order chi connectivity index (χ1) is 19.9. The minimum atomic E-state index is 0.141. The summed E-state index contributed by atoms with van der Waals surface area (Å²) in [6.07, 6.45) is 0. The van der Waals surface area contributed by atoms with Crippen molar-refractivity contribution in [3.05, 3.63) is 115 Å². The molecule has 0 radical (unpaired) electrons. The largest absolute Gasteiger partial charge is 0.294 e. The van der Waals surface area contributed by atoms with Crippen LogP contribution in [0.4, 0.5) is 0 Å². The standard InChI is InChI=1S/C20H20OS.C18H17BrS/c1-11-6-8-17-18(10-11)22-20(19(17)15(5)21)16-9-7-12(2)13(3)14(16)4;1-10-5-7-15-16(9-10)20-18(17(15)19)14-8-6-11(2)12(3)13(14)4/h6-10H,1-5H3;5-9H,1-4H3. The smallest absolute Gasteiger partial charge is 0.161 e. The number of hydrogen-bond donors (Lipinski definition) is 0. The molecule has 214 valence electrons. The van der Waals surface area contributed by atoms with Crippen molar-refractivity contribution in [3.63, 3.8) is 0 Å². The van der Waals surface area contributed by atoms with E-state index in [0.29, 0.717) is 0 Å². The number of fused-ring (bicyclic) bond motifs is 2. The molecule has 0 saturated carbocycles. The van der Waals surface area contributed by atoms with Gasteiger partial charge in [-0.25, -0.2) is 0 Å². The summed E-state index contributed by atoms with van der Waals surface area (Å²) in [6.45, 7) is 18.9. The predicted octanol–water partition coefficient (Wildman–Crippen LogP) is 12.6. The molecule has 4 aromatic carbocycles. The zero-order valence-electron chi connectivity index (χ0n) is 25.9. The monoisotopic (exact) mass is 652 g/mol. The first-order valence-corrected chi connectivity index (χ1v) is 16.7. The predicted molar refractivity (Wildman–Crippen MR) is 190 cm³/mol. The van der Waals surface area contributed by atoms with Crippen molar-refractivity contribution in [2.75, 3.05) is 0 Å². The molecule has 0 N–H and O–H groups in total. The Kier molecular flexibility index (Phi) is 8.63. The van der Waals surface area contributed by atoms with Crippen LogP contribution in [0.5, 0.6) is 0 Å². The molecule has 6 aromatic rings. The van der Waals surface area contributed by atoms with Gasteiger partial charge in [0, 0.05) is 40.0 Å². The van der Waals surface area contributed by atoms with Gasteiger partial charge >= 0.3 is 0 Å². The quantitative estimate of drug-likeness (QED) is 0.174. The molecule has 0 aliphatic heterocycles. The van der Waals surface area contributed by atoms with Crippen LogP contribution in [0, 0.1) is 55.4 Å². The molecule has 2 heterocycles. The maximum absolute atomic E-state index is 12.3. The first-order valence-electron chi connectivity index (χ1n) is 14.3. The Labute approximate surface area is 266 Å². The van der Waals surface area contributed by atoms with E-state index in [1.807, 2.05) is 11.3 Å². The minimum absolute atomic E-state index is 0.141. The van der Waals surface area contributed by atoms with Crippen molar-refractivity contribution < 1.29 is 4.79 Å². The van der Waals surface area contributed by atoms with E-state index < -0.39 is 0 Å². The number of Topliss-reactive ketones (excluding diaryl/α,β-unsaturated/α-hetero) is 1. The van der Waals surface area contributed by atoms with Gasteiger partial charge in [-0.05, 0) is 146 Å². The van der Waals surface area contributed by atoms with Crippen molar-refractivity contribution in [1.29, 1.82) is 0 Å². The van der Waals surface area contributed by atoms with Crippen LogP contribution in [0.1, 0.15) is 61.8 Å². The van der Waals surface area contributed by atoms with Crippen LogP contribution in [-0.2, 0) is 0 Å². The minimum Gasteiger partial charge on any atom is -0.294 e. The summed E-state index contributed by atoms with van der Waals surface area (Å²) in [6, 6.07) is 21.8. The number of benzene rings is 4. The van der Waals surface area contributed by atoms with E-state index in [9.17, 15) is 4.79 Å². The summed E-state index contributed by atoms with van der Waals surface area (Å²) >= 11 is 7.40. The molecule has 6 rings (SSSR count). The molecular weight excluding hydrogens is 616 g/mol. The zero-order valence-corrected chi connectivity index (χ0v) is 29.1. The molecule has 0 spiro atoms. The Balaban J connectivity index is 0.000000169. The van der Waals surface area contributed by atoms with Gasteiger partial charge in [-0.15, -0.1) is 22.7 Å². The van der Waals surface area contributed by atoms with Crippen molar-refractivity contribution in [3.8, 4) is 20.9 Å². The molecule has 1 nitrogen and oxygen atoms in total. The van der Waals surface area contributed by atoms with Gasteiger partial charge in [-0.3, -0.25) is 4.79 Å². The highest BCUT2D eigenvalue weighted by Gasteiger charge is 2.19. The van der Waals surface area contributed by atoms with Gasteiger partial charge in [0.25, 0.3) is 0 Å². The number of thiophene rings is 2. The highest BCUT2D eigenvalue weighted by atomic mass is 79.9. The van der Waals surface area contributed by atoms with E-state index in [0.717, 1.165) is 15.8 Å². The van der Waals surface area contributed by atoms with Gasteiger partial charge in [0.1, 0.15) is 0 Å². The molecule has 0 amide bonds. The summed E-state index contributed by atoms with van der Waals surface area (Å²) in [7, 11) is 0. The molecule has 0 atom stereocenters. The fourth-order valence-electron chi connectivity index (χ4n) is 5.49. The fraction of sp³-hybridized carbons (Fsp3) is 0.237. The molecule has 42 heavy (non-hydrogen) atoms. The summed E-state index contributed by atoms with van der Waals surface area (Å²) in [5.41, 5.74) is 13.9. The van der Waals surface area contributed by atoms with Crippen LogP contribution in [0.2, 0.25) is 0 Å². The lowest BCUT2D eigenvalue weighted by Crippen LogP contribution is -1.96. The molecule has 0 fully saturated rings. The normalized spacial score (nSPS) is 11.2. The number of carbonyl (C=O) groups excluding carboxylic acids is 1. The molecule has 0 aliphatic carbocycles. The van der Waals surface area contributed by atoms with Gasteiger partial charge in [0.2, 0.25) is 0 Å². The Morgan fingerprint density at radius 1 is 0.571 bits per heavy atom. The lowest BCUT2D eigenvalue weighted by molar-refractivity contribution is 0.102. The molecule has 0 unspecified atom stereocenters. The maximum Gasteiger partial charge on any atom is 0.161 e. The lowest BCUT2D eigenvalue weighted by Gasteiger charge is -2.11. The van der Waals surface area contributed by atoms with Crippen LogP contribution >= 0.6 is 38.6 Å². The number of halogens is 1. The number of rotatable bonds is 3. The molecule has 0 bridgehead atoms. The summed E-state index contributed by atoms with van der Waals surface area (Å²) in [4.78, 5) is 14.7. The van der Waals surface area contributed by atoms with Gasteiger partial charge in [-0.1, -0.05) is 48.5 Å². The van der Waals surface area contributed by atoms with Crippen molar-refractivity contribution in [2.24, 2.45) is 0 Å². The lowest BCUT2D eigenvalue weighted by atomic mass is 9.95. The van der Waals surface area contributed by atoms with Gasteiger partial charge in [0.15, 0.2) is 5.78 Å². The number of hydrogen-bond acceptors (Lipinski definition) is 3. The highest BCUT2D eigenvalue weighted by molar-refractivity contribution is 9.10. The van der Waals surface area contributed by atoms with Gasteiger partial charge in [0.05, 0.1) is 0 Å². The summed E-state index contributed by atoms with van der Waals surface area (Å²) < 4.78 is 3.77. The third-order valence-electron chi connectivity index (χ3n) is 8.59. The molecule has 4 heteroatoms. The SMILES string of the molecule is CC(=O)c1c(-c2ccc(C)c(C)c2C)sc2cc(C)ccc12.Cc1ccc2c(Br)c(-c3ccc(C)c(C)c3C)sc2c1. The second kappa shape index (κ2) is 11.9. The van der Waals surface area contributed by atoms with E-state index in [1.54, 1.807) is 18.3 Å². The van der Waals surface area contributed by atoms with Crippen LogP contribution < -0.4 is 0 Å². The summed E-state index contributed by atoms with van der Waals surface area (Å²) in [5, 5.41) is 2.39. The maximum atomic E-state index is 12.3. The van der Waals surface area contributed by atoms with Crippen LogP contribution in [-0.4, -0.2) is 5.78 Å². The Morgan fingerprint density at radius 2 is 1.02 bits per heavy atom. The summed E-state index contributed by atoms with van der Waals surface area (Å²) in [5.74, 6) is 0.141. The van der Waals surface area contributed by atoms with E-state index >= 15 is 0 Å². The van der Waals surface area contributed by atoms with Crippen molar-refractivity contribution >= 4 is 64.6 Å².